The van der Waals surface area contributed by atoms with Crippen molar-refractivity contribution in [2.75, 3.05) is 11.5 Å². The van der Waals surface area contributed by atoms with Crippen LogP contribution in [0, 0.1) is 5.92 Å². The van der Waals surface area contributed by atoms with Crippen molar-refractivity contribution in [2.45, 2.75) is 116 Å². The maximum atomic E-state index is 13.3. The molecule has 1 aromatic rings. The first-order valence-electron chi connectivity index (χ1n) is 14.7. The number of amides is 2. The summed E-state index contributed by atoms with van der Waals surface area (Å²) in [7, 11) is 0. The van der Waals surface area contributed by atoms with E-state index in [0.717, 1.165) is 24.3 Å². The van der Waals surface area contributed by atoms with Crippen molar-refractivity contribution in [1.82, 2.24) is 15.6 Å². The molecule has 41 heavy (non-hydrogen) atoms. The van der Waals surface area contributed by atoms with Gasteiger partial charge in [-0.25, -0.2) is 9.78 Å². The SMILES string of the molecule is CCCCCCCC(=O)SCCCC[C@@H]1CC(=O)NCc2nc(cs2)C2=N[C@@](C)(CS2)C(=O)N[C@H](C(C)C)C(=O)O1. The number of thioether (sulfide) groups is 2. The monoisotopic (exact) mass is 624 g/mol. The minimum absolute atomic E-state index is 0.0207. The highest BCUT2D eigenvalue weighted by Crippen LogP contribution is 2.32. The lowest BCUT2D eigenvalue weighted by molar-refractivity contribution is -0.156. The number of cyclic esters (lactones) is 1. The van der Waals surface area contributed by atoms with E-state index in [1.807, 2.05) is 19.2 Å². The number of aromatic nitrogens is 1. The Morgan fingerprint density at radius 3 is 2.71 bits per heavy atom. The molecule has 0 spiro atoms. The molecule has 2 amide bonds. The predicted octanol–water partition coefficient (Wildman–Crippen LogP) is 5.26. The predicted molar refractivity (Wildman–Crippen MR) is 167 cm³/mol. The maximum absolute atomic E-state index is 13.3. The van der Waals surface area contributed by atoms with Gasteiger partial charge in [-0.2, -0.15) is 0 Å². The van der Waals surface area contributed by atoms with E-state index in [-0.39, 0.29) is 35.8 Å². The van der Waals surface area contributed by atoms with Crippen LogP contribution >= 0.6 is 34.9 Å². The second kappa shape index (κ2) is 16.6. The summed E-state index contributed by atoms with van der Waals surface area (Å²) in [6.45, 7) is 7.91. The Morgan fingerprint density at radius 1 is 1.17 bits per heavy atom. The summed E-state index contributed by atoms with van der Waals surface area (Å²) < 4.78 is 5.86. The van der Waals surface area contributed by atoms with Crippen molar-refractivity contribution in [3.8, 4) is 0 Å². The van der Waals surface area contributed by atoms with Crippen molar-refractivity contribution < 1.29 is 23.9 Å². The van der Waals surface area contributed by atoms with Gasteiger partial charge in [-0.15, -0.1) is 23.1 Å². The number of hydrogen-bond acceptors (Lipinski definition) is 10. The molecule has 0 unspecified atom stereocenters. The van der Waals surface area contributed by atoms with Crippen LogP contribution in [0.1, 0.15) is 103 Å². The Hall–Kier alpha value is -1.92. The number of rotatable bonds is 12. The van der Waals surface area contributed by atoms with Gasteiger partial charge in [0.25, 0.3) is 0 Å². The molecule has 0 aliphatic carbocycles. The van der Waals surface area contributed by atoms with Gasteiger partial charge in [0.15, 0.2) is 5.12 Å². The highest BCUT2D eigenvalue weighted by Gasteiger charge is 2.41. The number of ether oxygens (including phenoxy) is 1. The quantitative estimate of drug-likeness (QED) is 0.238. The fourth-order valence-corrected chi connectivity index (χ4v) is 7.32. The van der Waals surface area contributed by atoms with Crippen molar-refractivity contribution >= 4 is 62.8 Å². The third kappa shape index (κ3) is 10.7. The number of carbonyl (C=O) groups excluding carboxylic acids is 4. The fraction of sp³-hybridized carbons (Fsp3) is 0.724. The normalized spacial score (nSPS) is 23.6. The number of fused-ring (bicyclic) bond motifs is 4. The zero-order valence-electron chi connectivity index (χ0n) is 24.7. The Morgan fingerprint density at radius 2 is 1.95 bits per heavy atom. The van der Waals surface area contributed by atoms with Crippen LogP contribution in [0.4, 0.5) is 0 Å². The molecule has 3 atom stereocenters. The number of esters is 1. The highest BCUT2D eigenvalue weighted by molar-refractivity contribution is 8.14. The molecular weight excluding hydrogens is 581 g/mol. The molecule has 3 rings (SSSR count). The molecule has 9 nitrogen and oxygen atoms in total. The molecule has 12 heteroatoms. The van der Waals surface area contributed by atoms with Gasteiger partial charge in [-0.1, -0.05) is 58.2 Å². The number of unbranched alkanes of at least 4 members (excludes halogenated alkanes) is 5. The summed E-state index contributed by atoms with van der Waals surface area (Å²) in [5.41, 5.74) is -0.328. The number of carbonyl (C=O) groups is 4. The van der Waals surface area contributed by atoms with Gasteiger partial charge in [0.05, 0.1) is 13.0 Å². The van der Waals surface area contributed by atoms with E-state index in [1.54, 1.807) is 6.92 Å². The zero-order valence-corrected chi connectivity index (χ0v) is 27.1. The van der Waals surface area contributed by atoms with Crippen LogP contribution in [-0.2, 0) is 30.5 Å². The van der Waals surface area contributed by atoms with E-state index in [9.17, 15) is 19.2 Å². The largest absolute Gasteiger partial charge is 0.460 e. The molecule has 1 aromatic heterocycles. The van der Waals surface area contributed by atoms with Gasteiger partial charge in [-0.3, -0.25) is 19.4 Å². The molecule has 0 radical (unpaired) electrons. The smallest absolute Gasteiger partial charge is 0.329 e. The van der Waals surface area contributed by atoms with Crippen LogP contribution in [0.5, 0.6) is 0 Å². The molecular formula is C29H44N4O5S3. The van der Waals surface area contributed by atoms with E-state index in [0.29, 0.717) is 41.5 Å². The van der Waals surface area contributed by atoms with Crippen LogP contribution in [0.3, 0.4) is 0 Å². The number of nitrogens with one attached hydrogen (secondary N) is 2. The fourth-order valence-electron chi connectivity index (χ4n) is 4.53. The van der Waals surface area contributed by atoms with Crippen LogP contribution in [0.15, 0.2) is 10.4 Å². The summed E-state index contributed by atoms with van der Waals surface area (Å²) >= 11 is 4.25. The van der Waals surface area contributed by atoms with Crippen LogP contribution in [0.2, 0.25) is 0 Å². The minimum Gasteiger partial charge on any atom is -0.460 e. The van der Waals surface area contributed by atoms with Gasteiger partial charge < -0.3 is 15.4 Å². The molecule has 2 aliphatic heterocycles. The molecule has 0 saturated carbocycles. The van der Waals surface area contributed by atoms with E-state index in [4.69, 9.17) is 4.74 Å². The molecule has 0 fully saturated rings. The van der Waals surface area contributed by atoms with Gasteiger partial charge in [0.1, 0.15) is 33.4 Å². The second-order valence-corrected chi connectivity index (χ2v) is 14.3. The Bertz CT molecular complexity index is 1090. The van der Waals surface area contributed by atoms with Crippen LogP contribution in [-0.4, -0.2) is 62.1 Å². The lowest BCUT2D eigenvalue weighted by Gasteiger charge is -2.27. The summed E-state index contributed by atoms with van der Waals surface area (Å²) in [5.74, 6) is -0.182. The standard InChI is InChI=1S/C29H44N4O5S3/c1-5-6-7-8-9-13-24(35)39-14-11-10-12-20-15-22(34)30-16-23-31-21(17-40-23)26-33-29(4,18-41-26)28(37)32-25(19(2)3)27(36)38-20/h17,19-20,25H,5-16,18H2,1-4H3,(H,30,34)(H,32,37)/t20-,25-,29+/m1/s1. The first-order valence-corrected chi connectivity index (χ1v) is 17.6. The van der Waals surface area contributed by atoms with Crippen molar-refractivity contribution in [1.29, 1.82) is 0 Å². The van der Waals surface area contributed by atoms with Crippen molar-refractivity contribution in [2.24, 2.45) is 10.9 Å². The second-order valence-electron chi connectivity index (χ2n) is 11.2. The van der Waals surface area contributed by atoms with Gasteiger partial charge in [-0.05, 0) is 38.5 Å². The minimum atomic E-state index is -1.02. The summed E-state index contributed by atoms with van der Waals surface area (Å²) in [5, 5.41) is 9.30. The average molecular weight is 625 g/mol. The maximum Gasteiger partial charge on any atom is 0.329 e. The van der Waals surface area contributed by atoms with E-state index >= 15 is 0 Å². The van der Waals surface area contributed by atoms with Crippen molar-refractivity contribution in [3.05, 3.63) is 16.1 Å². The Labute approximate surface area is 256 Å². The van der Waals surface area contributed by atoms with E-state index in [2.05, 4.69) is 27.5 Å². The topological polar surface area (TPSA) is 127 Å². The number of nitrogens with zero attached hydrogens (tertiary/aromatic N) is 2. The van der Waals surface area contributed by atoms with Crippen molar-refractivity contribution in [3.63, 3.8) is 0 Å². The molecule has 0 aromatic carbocycles. The third-order valence-electron chi connectivity index (χ3n) is 7.11. The van der Waals surface area contributed by atoms with Crippen LogP contribution in [0.25, 0.3) is 0 Å². The lowest BCUT2D eigenvalue weighted by Crippen LogP contribution is -2.53. The molecule has 2 aliphatic rings. The van der Waals surface area contributed by atoms with Gasteiger partial charge in [0.2, 0.25) is 11.8 Å². The highest BCUT2D eigenvalue weighted by atomic mass is 32.2. The zero-order chi connectivity index (χ0) is 29.8. The number of hydrogen-bond donors (Lipinski definition) is 2. The van der Waals surface area contributed by atoms with Gasteiger partial charge >= 0.3 is 5.97 Å². The molecule has 3 heterocycles. The Balaban J connectivity index is 1.61. The van der Waals surface area contributed by atoms with E-state index in [1.165, 1.54) is 54.1 Å². The van der Waals surface area contributed by atoms with Gasteiger partial charge in [0, 0.05) is 23.3 Å². The number of aliphatic imine (C=N–C) groups is 1. The molecule has 0 saturated heterocycles. The average Bonchev–Trinajstić information content (AvgIpc) is 3.56. The first-order chi connectivity index (χ1) is 19.6. The molecule has 4 bridgehead atoms. The molecule has 228 valence electrons. The Kier molecular flexibility index (Phi) is 13.6. The molecule has 2 N–H and O–H groups in total. The summed E-state index contributed by atoms with van der Waals surface area (Å²) in [6.07, 6.45) is 7.62. The first kappa shape index (κ1) is 33.6. The van der Waals surface area contributed by atoms with Crippen LogP contribution < -0.4 is 10.6 Å². The summed E-state index contributed by atoms with van der Waals surface area (Å²) in [4.78, 5) is 60.9. The lowest BCUT2D eigenvalue weighted by atomic mass is 10.00. The van der Waals surface area contributed by atoms with E-state index < -0.39 is 23.7 Å². The third-order valence-corrected chi connectivity index (χ3v) is 10.3. The number of thiazole rings is 1. The summed E-state index contributed by atoms with van der Waals surface area (Å²) in [6, 6.07) is -0.863.